The average Bonchev–Trinajstić information content (AvgIpc) is 2.53. The molecule has 0 radical (unpaired) electrons. The number of hydrogen-bond donors (Lipinski definition) is 1. The van der Waals surface area contributed by atoms with Gasteiger partial charge in [0.15, 0.2) is 0 Å². The van der Waals surface area contributed by atoms with Gasteiger partial charge >= 0.3 is 5.97 Å². The Hall–Kier alpha value is -2.94. The number of nitro benzene ring substituents is 1. The molecule has 0 aliphatic rings. The van der Waals surface area contributed by atoms with Crippen molar-refractivity contribution in [2.75, 3.05) is 10.8 Å². The van der Waals surface area contributed by atoms with Crippen LogP contribution >= 0.6 is 0 Å². The maximum atomic E-state index is 12.9. The molecule has 0 aliphatic heterocycles. The van der Waals surface area contributed by atoms with E-state index in [4.69, 9.17) is 5.11 Å². The van der Waals surface area contributed by atoms with Gasteiger partial charge in [-0.25, -0.2) is 8.42 Å². The third-order valence-electron chi connectivity index (χ3n) is 3.63. The number of benzene rings is 2. The Morgan fingerprint density at radius 3 is 2.28 bits per heavy atom. The lowest BCUT2D eigenvalue weighted by Crippen LogP contribution is -2.36. The molecule has 0 heterocycles. The van der Waals surface area contributed by atoms with Crippen molar-refractivity contribution < 1.29 is 23.2 Å². The van der Waals surface area contributed by atoms with Gasteiger partial charge in [0.1, 0.15) is 6.54 Å². The Kier molecular flexibility index (Phi) is 5.07. The molecule has 8 nitrogen and oxygen atoms in total. The highest BCUT2D eigenvalue weighted by Crippen LogP contribution is 2.32. The molecule has 0 fully saturated rings. The second kappa shape index (κ2) is 6.89. The van der Waals surface area contributed by atoms with Gasteiger partial charge < -0.3 is 5.11 Å². The fourth-order valence-electron chi connectivity index (χ4n) is 2.34. The van der Waals surface area contributed by atoms with Crippen LogP contribution in [-0.2, 0) is 14.8 Å². The maximum Gasteiger partial charge on any atom is 0.324 e. The largest absolute Gasteiger partial charge is 0.480 e. The summed E-state index contributed by atoms with van der Waals surface area (Å²) in [4.78, 5) is 21.6. The summed E-state index contributed by atoms with van der Waals surface area (Å²) in [5.41, 5.74) is 0.587. The van der Waals surface area contributed by atoms with E-state index in [-0.39, 0.29) is 21.8 Å². The number of carboxylic acid groups (broad SMARTS) is 1. The quantitative estimate of drug-likeness (QED) is 0.621. The van der Waals surface area contributed by atoms with E-state index in [0.717, 1.165) is 5.56 Å². The van der Waals surface area contributed by atoms with Crippen molar-refractivity contribution in [3.63, 3.8) is 0 Å². The van der Waals surface area contributed by atoms with E-state index in [0.29, 0.717) is 4.31 Å². The van der Waals surface area contributed by atoms with E-state index in [2.05, 4.69) is 0 Å². The standard InChI is InChI=1S/C16H16N2O6S/c1-11-6-8-13(9-7-11)25(23,24)17(10-16(19)20)14-4-3-5-15(12(14)2)18(21)22/h3-9H,10H2,1-2H3,(H,19,20). The summed E-state index contributed by atoms with van der Waals surface area (Å²) in [6.45, 7) is 2.32. The van der Waals surface area contributed by atoms with Crippen molar-refractivity contribution in [1.82, 2.24) is 0 Å². The van der Waals surface area contributed by atoms with Crippen molar-refractivity contribution in [3.05, 3.63) is 63.7 Å². The zero-order chi connectivity index (χ0) is 18.8. The molecule has 0 atom stereocenters. The van der Waals surface area contributed by atoms with Gasteiger partial charge in [0.2, 0.25) is 0 Å². The summed E-state index contributed by atoms with van der Waals surface area (Å²) < 4.78 is 26.5. The van der Waals surface area contributed by atoms with Crippen LogP contribution in [-0.4, -0.2) is 31.0 Å². The van der Waals surface area contributed by atoms with E-state index in [1.54, 1.807) is 19.1 Å². The third-order valence-corrected chi connectivity index (χ3v) is 5.40. The van der Waals surface area contributed by atoms with Gasteiger partial charge in [-0.05, 0) is 32.0 Å². The van der Waals surface area contributed by atoms with E-state index in [1.807, 2.05) is 0 Å². The van der Waals surface area contributed by atoms with Crippen molar-refractivity contribution in [3.8, 4) is 0 Å². The van der Waals surface area contributed by atoms with Gasteiger partial charge in [-0.2, -0.15) is 0 Å². The van der Waals surface area contributed by atoms with Crippen LogP contribution in [0.5, 0.6) is 0 Å². The predicted octanol–water partition coefficient (Wildman–Crippen LogP) is 2.49. The van der Waals surface area contributed by atoms with Crippen LogP contribution in [0.3, 0.4) is 0 Å². The lowest BCUT2D eigenvalue weighted by Gasteiger charge is -2.24. The normalized spacial score (nSPS) is 11.1. The summed E-state index contributed by atoms with van der Waals surface area (Å²) in [5.74, 6) is -1.37. The Bertz CT molecular complexity index is 922. The number of nitrogens with zero attached hydrogens (tertiary/aromatic N) is 2. The molecule has 25 heavy (non-hydrogen) atoms. The molecule has 0 unspecified atom stereocenters. The van der Waals surface area contributed by atoms with Crippen LogP contribution in [0.2, 0.25) is 0 Å². The number of carboxylic acids is 1. The summed E-state index contributed by atoms with van der Waals surface area (Å²) in [6.07, 6.45) is 0. The maximum absolute atomic E-state index is 12.9. The molecule has 0 saturated carbocycles. The van der Waals surface area contributed by atoms with E-state index >= 15 is 0 Å². The Labute approximate surface area is 144 Å². The molecule has 0 aliphatic carbocycles. The minimum absolute atomic E-state index is 0.0443. The number of sulfonamides is 1. The van der Waals surface area contributed by atoms with Gasteiger partial charge in [0, 0.05) is 6.07 Å². The molecule has 0 amide bonds. The van der Waals surface area contributed by atoms with Crippen LogP contribution in [0.25, 0.3) is 0 Å². The summed E-state index contributed by atoms with van der Waals surface area (Å²) in [5, 5.41) is 20.2. The number of rotatable bonds is 6. The van der Waals surface area contributed by atoms with Crippen molar-refractivity contribution in [2.45, 2.75) is 18.7 Å². The fraction of sp³-hybridized carbons (Fsp3) is 0.188. The van der Waals surface area contributed by atoms with Crippen LogP contribution in [0.4, 0.5) is 11.4 Å². The molecule has 132 valence electrons. The molecule has 2 aromatic rings. The minimum Gasteiger partial charge on any atom is -0.480 e. The van der Waals surface area contributed by atoms with E-state index < -0.39 is 27.5 Å². The number of nitro groups is 1. The average molecular weight is 364 g/mol. The number of hydrogen-bond acceptors (Lipinski definition) is 5. The topological polar surface area (TPSA) is 118 Å². The molecule has 0 spiro atoms. The summed E-state index contributed by atoms with van der Waals surface area (Å²) in [6, 6.07) is 9.81. The van der Waals surface area contributed by atoms with Crippen LogP contribution in [0.15, 0.2) is 47.4 Å². The van der Waals surface area contributed by atoms with Crippen LogP contribution in [0.1, 0.15) is 11.1 Å². The first-order valence-corrected chi connectivity index (χ1v) is 8.64. The first-order valence-electron chi connectivity index (χ1n) is 7.20. The number of aryl methyl sites for hydroxylation is 1. The second-order valence-electron chi connectivity index (χ2n) is 5.40. The zero-order valence-corrected chi connectivity index (χ0v) is 14.4. The lowest BCUT2D eigenvalue weighted by molar-refractivity contribution is -0.385. The molecular weight excluding hydrogens is 348 g/mol. The third kappa shape index (κ3) is 3.77. The highest BCUT2D eigenvalue weighted by Gasteiger charge is 2.30. The number of aliphatic carboxylic acids is 1. The van der Waals surface area contributed by atoms with Crippen molar-refractivity contribution in [1.29, 1.82) is 0 Å². The van der Waals surface area contributed by atoms with Gasteiger partial charge in [-0.1, -0.05) is 23.8 Å². The summed E-state index contributed by atoms with van der Waals surface area (Å²) >= 11 is 0. The van der Waals surface area contributed by atoms with Gasteiger partial charge in [-0.3, -0.25) is 19.2 Å². The second-order valence-corrected chi connectivity index (χ2v) is 7.26. The first-order chi connectivity index (χ1) is 11.6. The Morgan fingerprint density at radius 1 is 1.16 bits per heavy atom. The van der Waals surface area contributed by atoms with Crippen molar-refractivity contribution >= 4 is 27.4 Å². The van der Waals surface area contributed by atoms with Crippen molar-refractivity contribution in [2.24, 2.45) is 0 Å². The van der Waals surface area contributed by atoms with E-state index in [9.17, 15) is 23.3 Å². The number of carbonyl (C=O) groups is 1. The molecule has 0 aromatic heterocycles. The van der Waals surface area contributed by atoms with Crippen LogP contribution in [0, 0.1) is 24.0 Å². The smallest absolute Gasteiger partial charge is 0.324 e. The summed E-state index contributed by atoms with van der Waals surface area (Å²) in [7, 11) is -4.20. The van der Waals surface area contributed by atoms with Gasteiger partial charge in [-0.15, -0.1) is 0 Å². The molecule has 9 heteroatoms. The lowest BCUT2D eigenvalue weighted by atomic mass is 10.1. The highest BCUT2D eigenvalue weighted by molar-refractivity contribution is 7.92. The number of anilines is 1. The van der Waals surface area contributed by atoms with Gasteiger partial charge in [0.05, 0.1) is 21.1 Å². The highest BCUT2D eigenvalue weighted by atomic mass is 32.2. The zero-order valence-electron chi connectivity index (χ0n) is 13.5. The Balaban J connectivity index is 2.65. The Morgan fingerprint density at radius 2 is 1.76 bits per heavy atom. The molecule has 2 aromatic carbocycles. The fourth-order valence-corrected chi connectivity index (χ4v) is 3.81. The predicted molar refractivity (Wildman–Crippen MR) is 91.2 cm³/mol. The molecule has 0 bridgehead atoms. The van der Waals surface area contributed by atoms with Gasteiger partial charge in [0.25, 0.3) is 15.7 Å². The molecule has 2 rings (SSSR count). The van der Waals surface area contributed by atoms with Crippen LogP contribution < -0.4 is 4.31 Å². The molecule has 1 N–H and O–H groups in total. The first kappa shape index (κ1) is 18.4. The molecular formula is C16H16N2O6S. The monoisotopic (exact) mass is 364 g/mol. The van der Waals surface area contributed by atoms with E-state index in [1.165, 1.54) is 37.3 Å². The minimum atomic E-state index is -4.20. The SMILES string of the molecule is Cc1ccc(S(=O)(=O)N(CC(=O)O)c2cccc([N+](=O)[O-])c2C)cc1. The molecule has 0 saturated heterocycles.